The lowest BCUT2D eigenvalue weighted by atomic mass is 10.0. The largest absolute Gasteiger partial charge is 0.293 e. The molecule has 1 nitrogen and oxygen atoms in total. The lowest BCUT2D eigenvalue weighted by molar-refractivity contribution is 0.00532. The first kappa shape index (κ1) is 11.0. The van der Waals surface area contributed by atoms with Gasteiger partial charge in [-0.3, -0.25) is 4.79 Å². The molecule has 1 fully saturated rings. The fraction of sp³-hybridized carbons (Fsp3) is 0.500. The van der Waals surface area contributed by atoms with Crippen molar-refractivity contribution in [2.75, 3.05) is 0 Å². The first-order chi connectivity index (χ1) is 6.98. The molecule has 1 aliphatic rings. The summed E-state index contributed by atoms with van der Waals surface area (Å²) in [7, 11) is 0. The smallest absolute Gasteiger partial charge is 0.248 e. The lowest BCUT2D eigenvalue weighted by Gasteiger charge is -2.08. The van der Waals surface area contributed by atoms with E-state index in [0.717, 1.165) is 11.3 Å². The van der Waals surface area contributed by atoms with Gasteiger partial charge in [-0.25, -0.2) is 8.78 Å². The van der Waals surface area contributed by atoms with Crippen LogP contribution in [0.4, 0.5) is 8.78 Å². The van der Waals surface area contributed by atoms with Crippen molar-refractivity contribution in [1.29, 1.82) is 0 Å². The predicted molar refractivity (Wildman–Crippen MR) is 55.9 cm³/mol. The number of Topliss-reactive ketones (excluding diaryl/α,β-unsaturated/α-hetero) is 1. The van der Waals surface area contributed by atoms with Gasteiger partial charge in [-0.2, -0.15) is 0 Å². The van der Waals surface area contributed by atoms with Crippen LogP contribution in [0.25, 0.3) is 0 Å². The van der Waals surface area contributed by atoms with Gasteiger partial charge in [-0.15, -0.1) is 11.3 Å². The molecule has 0 saturated heterocycles. The van der Waals surface area contributed by atoms with E-state index in [-0.39, 0.29) is 25.0 Å². The van der Waals surface area contributed by atoms with Gasteiger partial charge in [-0.05, 0) is 18.6 Å². The molecule has 1 aromatic rings. The van der Waals surface area contributed by atoms with E-state index in [2.05, 4.69) is 0 Å². The van der Waals surface area contributed by atoms with Crippen LogP contribution in [0.3, 0.4) is 0 Å². The second-order valence-electron chi connectivity index (χ2n) is 3.76. The van der Waals surface area contributed by atoms with Crippen LogP contribution >= 0.6 is 22.9 Å². The first-order valence-corrected chi connectivity index (χ1v) is 5.85. The van der Waals surface area contributed by atoms with Crippen molar-refractivity contribution in [3.63, 3.8) is 0 Å². The third-order valence-corrected chi connectivity index (χ3v) is 3.84. The zero-order chi connectivity index (χ0) is 11.1. The van der Waals surface area contributed by atoms with Crippen molar-refractivity contribution >= 4 is 28.7 Å². The maximum atomic E-state index is 12.9. The van der Waals surface area contributed by atoms with Crippen LogP contribution in [-0.2, 0) is 0 Å². The molecule has 1 unspecified atom stereocenters. The van der Waals surface area contributed by atoms with E-state index in [1.807, 2.05) is 0 Å². The highest BCUT2D eigenvalue weighted by Crippen LogP contribution is 2.41. The van der Waals surface area contributed by atoms with E-state index in [1.165, 1.54) is 0 Å². The minimum Gasteiger partial charge on any atom is -0.293 e. The van der Waals surface area contributed by atoms with Crippen LogP contribution in [0.15, 0.2) is 12.1 Å². The van der Waals surface area contributed by atoms with Gasteiger partial charge in [-0.1, -0.05) is 11.6 Å². The van der Waals surface area contributed by atoms with Crippen molar-refractivity contribution in [2.24, 2.45) is 5.92 Å². The molecular weight excluding hydrogens is 242 g/mol. The Hall–Kier alpha value is -0.480. The molecule has 0 spiro atoms. The molecule has 0 bridgehead atoms. The zero-order valence-corrected chi connectivity index (χ0v) is 9.38. The molecular formula is C10H9ClF2OS. The van der Waals surface area contributed by atoms with Gasteiger partial charge >= 0.3 is 0 Å². The van der Waals surface area contributed by atoms with Crippen molar-refractivity contribution in [1.82, 2.24) is 0 Å². The van der Waals surface area contributed by atoms with E-state index in [9.17, 15) is 13.6 Å². The van der Waals surface area contributed by atoms with E-state index >= 15 is 0 Å². The Morgan fingerprint density at radius 1 is 1.53 bits per heavy atom. The summed E-state index contributed by atoms with van der Waals surface area (Å²) >= 11 is 6.84. The van der Waals surface area contributed by atoms with Crippen LogP contribution in [-0.4, -0.2) is 11.7 Å². The number of halogens is 3. The van der Waals surface area contributed by atoms with Gasteiger partial charge in [0.15, 0.2) is 5.78 Å². The summed E-state index contributed by atoms with van der Waals surface area (Å²) in [6, 6.07) is 3.22. The molecule has 82 valence electrons. The van der Waals surface area contributed by atoms with Crippen LogP contribution < -0.4 is 0 Å². The molecule has 1 saturated carbocycles. The normalized spacial score (nSPS) is 24.3. The van der Waals surface area contributed by atoms with Crippen molar-refractivity contribution in [3.05, 3.63) is 21.3 Å². The number of ketones is 1. The molecule has 1 heterocycles. The Bertz CT molecular complexity index is 389. The highest BCUT2D eigenvalue weighted by molar-refractivity contribution is 7.18. The maximum Gasteiger partial charge on any atom is 0.248 e. The van der Waals surface area contributed by atoms with Crippen LogP contribution in [0.2, 0.25) is 4.34 Å². The quantitative estimate of drug-likeness (QED) is 0.725. The van der Waals surface area contributed by atoms with Gasteiger partial charge in [0.05, 0.1) is 9.21 Å². The maximum absolute atomic E-state index is 12.9. The second kappa shape index (κ2) is 3.83. The summed E-state index contributed by atoms with van der Waals surface area (Å²) in [5.74, 6) is -3.39. The molecule has 15 heavy (non-hydrogen) atoms. The van der Waals surface area contributed by atoms with Gasteiger partial charge < -0.3 is 0 Å². The number of rotatable bonds is 2. The van der Waals surface area contributed by atoms with Gasteiger partial charge in [0.2, 0.25) is 5.92 Å². The molecule has 1 aliphatic carbocycles. The third kappa shape index (κ3) is 2.37. The molecule has 1 atom stereocenters. The topological polar surface area (TPSA) is 17.1 Å². The molecule has 0 aromatic carbocycles. The summed E-state index contributed by atoms with van der Waals surface area (Å²) in [5.41, 5.74) is 0. The summed E-state index contributed by atoms with van der Waals surface area (Å²) in [6.07, 6.45) is -0.217. The van der Waals surface area contributed by atoms with Crippen LogP contribution in [0.1, 0.15) is 28.9 Å². The number of thiophene rings is 1. The predicted octanol–water partition coefficient (Wildman–Crippen LogP) is 4.02. The minimum atomic E-state index is -2.67. The molecule has 5 heteroatoms. The third-order valence-electron chi connectivity index (χ3n) is 2.59. The summed E-state index contributed by atoms with van der Waals surface area (Å²) in [6.45, 7) is 0. The van der Waals surface area contributed by atoms with E-state index in [0.29, 0.717) is 9.21 Å². The molecule has 1 aromatic heterocycles. The highest BCUT2D eigenvalue weighted by atomic mass is 35.5. The Morgan fingerprint density at radius 2 is 2.27 bits per heavy atom. The number of alkyl halides is 2. The van der Waals surface area contributed by atoms with E-state index in [1.54, 1.807) is 12.1 Å². The van der Waals surface area contributed by atoms with Crippen molar-refractivity contribution in [3.8, 4) is 0 Å². The molecule has 0 N–H and O–H groups in total. The van der Waals surface area contributed by atoms with Crippen LogP contribution in [0.5, 0.6) is 0 Å². The Labute approximate surface area is 95.1 Å². The van der Waals surface area contributed by atoms with Gasteiger partial charge in [0.25, 0.3) is 0 Å². The Morgan fingerprint density at radius 3 is 2.73 bits per heavy atom. The number of hydrogen-bond donors (Lipinski definition) is 0. The summed E-state index contributed by atoms with van der Waals surface area (Å²) in [4.78, 5) is 12.3. The van der Waals surface area contributed by atoms with Crippen molar-refractivity contribution in [2.45, 2.75) is 25.2 Å². The van der Waals surface area contributed by atoms with Crippen molar-refractivity contribution < 1.29 is 13.6 Å². The molecule has 2 rings (SSSR count). The molecule has 0 radical (unpaired) electrons. The number of carbonyl (C=O) groups is 1. The van der Waals surface area contributed by atoms with Gasteiger partial charge in [0, 0.05) is 18.8 Å². The fourth-order valence-electron chi connectivity index (χ4n) is 1.82. The Balaban J connectivity index is 2.10. The molecule has 0 amide bonds. The SMILES string of the molecule is O=C(c1ccc(Cl)s1)C1CCC(F)(F)C1. The standard InChI is InChI=1S/C10H9ClF2OS/c11-8-2-1-7(15-8)9(14)6-3-4-10(12,13)5-6/h1-2,6H,3-5H2. The van der Waals surface area contributed by atoms with Gasteiger partial charge in [0.1, 0.15) is 0 Å². The zero-order valence-electron chi connectivity index (χ0n) is 7.80. The summed E-state index contributed by atoms with van der Waals surface area (Å²) in [5, 5.41) is 0. The fourth-order valence-corrected chi connectivity index (χ4v) is 2.88. The Kier molecular flexibility index (Phi) is 2.81. The molecule has 0 aliphatic heterocycles. The number of carbonyl (C=O) groups excluding carboxylic acids is 1. The highest BCUT2D eigenvalue weighted by Gasteiger charge is 2.42. The van der Waals surface area contributed by atoms with E-state index < -0.39 is 11.8 Å². The number of hydrogen-bond acceptors (Lipinski definition) is 2. The first-order valence-electron chi connectivity index (χ1n) is 4.65. The lowest BCUT2D eigenvalue weighted by Crippen LogP contribution is -2.14. The second-order valence-corrected chi connectivity index (χ2v) is 5.48. The van der Waals surface area contributed by atoms with Crippen LogP contribution in [0, 0.1) is 5.92 Å². The average Bonchev–Trinajstić information content (AvgIpc) is 2.71. The monoisotopic (exact) mass is 250 g/mol. The average molecular weight is 251 g/mol. The summed E-state index contributed by atoms with van der Waals surface area (Å²) < 4.78 is 26.3. The minimum absolute atomic E-state index is 0.178. The van der Waals surface area contributed by atoms with E-state index in [4.69, 9.17) is 11.6 Å².